The molecular formula is C16H23N. The minimum atomic E-state index is 0.323. The van der Waals surface area contributed by atoms with Crippen LogP contribution in [0.4, 0.5) is 5.69 Å². The summed E-state index contributed by atoms with van der Waals surface area (Å²) in [6.07, 6.45) is 3.09. The van der Waals surface area contributed by atoms with Crippen LogP contribution in [-0.4, -0.2) is 12.6 Å². The second-order valence-electron chi connectivity index (χ2n) is 5.96. The molecule has 1 nitrogen and oxygen atoms in total. The zero-order chi connectivity index (χ0) is 12.6. The third kappa shape index (κ3) is 2.11. The fourth-order valence-electron chi connectivity index (χ4n) is 2.83. The molecule has 0 radical (unpaired) electrons. The van der Waals surface area contributed by atoms with Gasteiger partial charge in [0.15, 0.2) is 0 Å². The molecule has 1 aromatic rings. The molecule has 0 aromatic heterocycles. The van der Waals surface area contributed by atoms with Crippen LogP contribution in [0.1, 0.15) is 38.8 Å². The van der Waals surface area contributed by atoms with Crippen LogP contribution in [0.15, 0.2) is 24.8 Å². The van der Waals surface area contributed by atoms with E-state index in [0.717, 1.165) is 13.0 Å². The smallest absolute Gasteiger partial charge is 0.0402 e. The van der Waals surface area contributed by atoms with Gasteiger partial charge in [-0.3, -0.25) is 0 Å². The number of rotatable bonds is 2. The largest absolute Gasteiger partial charge is 0.368 e. The van der Waals surface area contributed by atoms with Gasteiger partial charge in [-0.05, 0) is 42.0 Å². The van der Waals surface area contributed by atoms with Gasteiger partial charge >= 0.3 is 0 Å². The lowest BCUT2D eigenvalue weighted by Gasteiger charge is -2.36. The van der Waals surface area contributed by atoms with Crippen LogP contribution in [0, 0.1) is 5.41 Å². The Bertz CT molecular complexity index is 426. The van der Waals surface area contributed by atoms with Crippen molar-refractivity contribution in [2.24, 2.45) is 5.41 Å². The molecule has 0 fully saturated rings. The normalized spacial score (nSPS) is 19.3. The SMILES string of the molecule is C=Cc1ccc2c(c1)CC(C(C)(C)C)N2CC. The molecule has 0 aliphatic carbocycles. The molecular weight excluding hydrogens is 206 g/mol. The number of likely N-dealkylation sites (N-methyl/N-ethyl adjacent to an activating group) is 1. The fraction of sp³-hybridized carbons (Fsp3) is 0.500. The van der Waals surface area contributed by atoms with E-state index in [2.05, 4.69) is 57.4 Å². The molecule has 0 spiro atoms. The maximum absolute atomic E-state index is 3.85. The van der Waals surface area contributed by atoms with Gasteiger partial charge in [0.05, 0.1) is 0 Å². The fourth-order valence-corrected chi connectivity index (χ4v) is 2.83. The van der Waals surface area contributed by atoms with Crippen molar-refractivity contribution in [1.29, 1.82) is 0 Å². The standard InChI is InChI=1S/C16H23N/c1-6-12-8-9-14-13(10-12)11-15(16(3,4)5)17(14)7-2/h6,8-10,15H,1,7,11H2,2-5H3. The van der Waals surface area contributed by atoms with E-state index in [1.165, 1.54) is 16.8 Å². The van der Waals surface area contributed by atoms with Crippen LogP contribution in [0.3, 0.4) is 0 Å². The molecule has 1 unspecified atom stereocenters. The number of anilines is 1. The molecule has 1 heteroatoms. The Kier molecular flexibility index (Phi) is 3.03. The minimum absolute atomic E-state index is 0.323. The van der Waals surface area contributed by atoms with Crippen LogP contribution in [0.2, 0.25) is 0 Å². The second-order valence-corrected chi connectivity index (χ2v) is 5.96. The van der Waals surface area contributed by atoms with Crippen molar-refractivity contribution < 1.29 is 0 Å². The highest BCUT2D eigenvalue weighted by Crippen LogP contribution is 2.39. The highest BCUT2D eigenvalue weighted by atomic mass is 15.2. The molecule has 0 amide bonds. The first-order valence-electron chi connectivity index (χ1n) is 6.49. The third-order valence-corrected chi connectivity index (χ3v) is 3.78. The van der Waals surface area contributed by atoms with Gasteiger partial charge in [-0.2, -0.15) is 0 Å². The highest BCUT2D eigenvalue weighted by molar-refractivity contribution is 5.64. The molecule has 0 bridgehead atoms. The summed E-state index contributed by atoms with van der Waals surface area (Å²) in [5.41, 5.74) is 4.44. The van der Waals surface area contributed by atoms with Crippen LogP contribution in [0.5, 0.6) is 0 Å². The first-order valence-corrected chi connectivity index (χ1v) is 6.49. The number of hydrogen-bond donors (Lipinski definition) is 0. The van der Waals surface area contributed by atoms with Crippen molar-refractivity contribution in [3.63, 3.8) is 0 Å². The molecule has 1 heterocycles. The summed E-state index contributed by atoms with van der Waals surface area (Å²) in [4.78, 5) is 2.54. The first kappa shape index (κ1) is 12.2. The lowest BCUT2D eigenvalue weighted by Crippen LogP contribution is -2.41. The van der Waals surface area contributed by atoms with Crippen molar-refractivity contribution in [2.45, 2.75) is 40.2 Å². The van der Waals surface area contributed by atoms with E-state index < -0.39 is 0 Å². The summed E-state index contributed by atoms with van der Waals surface area (Å²) in [7, 11) is 0. The van der Waals surface area contributed by atoms with Crippen molar-refractivity contribution >= 4 is 11.8 Å². The van der Waals surface area contributed by atoms with Crippen molar-refractivity contribution in [2.75, 3.05) is 11.4 Å². The van der Waals surface area contributed by atoms with E-state index in [-0.39, 0.29) is 0 Å². The Morgan fingerprint density at radius 2 is 2.12 bits per heavy atom. The molecule has 1 aliphatic heterocycles. The van der Waals surface area contributed by atoms with E-state index in [9.17, 15) is 0 Å². The third-order valence-electron chi connectivity index (χ3n) is 3.78. The number of nitrogens with zero attached hydrogens (tertiary/aromatic N) is 1. The van der Waals surface area contributed by atoms with Gasteiger partial charge in [-0.25, -0.2) is 0 Å². The van der Waals surface area contributed by atoms with Gasteiger partial charge in [0.1, 0.15) is 0 Å². The Hall–Kier alpha value is -1.24. The number of hydrogen-bond acceptors (Lipinski definition) is 1. The summed E-state index contributed by atoms with van der Waals surface area (Å²) < 4.78 is 0. The summed E-state index contributed by atoms with van der Waals surface area (Å²) in [5, 5.41) is 0. The monoisotopic (exact) mass is 229 g/mol. The second kappa shape index (κ2) is 4.21. The summed E-state index contributed by atoms with van der Waals surface area (Å²) in [5.74, 6) is 0. The quantitative estimate of drug-likeness (QED) is 0.737. The number of fused-ring (bicyclic) bond motifs is 1. The first-order chi connectivity index (χ1) is 7.97. The van der Waals surface area contributed by atoms with Gasteiger partial charge in [0, 0.05) is 18.3 Å². The van der Waals surface area contributed by atoms with E-state index >= 15 is 0 Å². The van der Waals surface area contributed by atoms with E-state index in [4.69, 9.17) is 0 Å². The summed E-state index contributed by atoms with van der Waals surface area (Å²) >= 11 is 0. The molecule has 17 heavy (non-hydrogen) atoms. The average Bonchev–Trinajstić information content (AvgIpc) is 2.65. The predicted octanol–water partition coefficient (Wildman–Crippen LogP) is 4.13. The molecule has 92 valence electrons. The molecule has 1 aromatic carbocycles. The lowest BCUT2D eigenvalue weighted by molar-refractivity contribution is 0.314. The Balaban J connectivity index is 2.41. The molecule has 0 N–H and O–H groups in total. The van der Waals surface area contributed by atoms with Crippen LogP contribution >= 0.6 is 0 Å². The lowest BCUT2D eigenvalue weighted by atomic mass is 9.84. The van der Waals surface area contributed by atoms with Crippen LogP contribution < -0.4 is 4.90 Å². The topological polar surface area (TPSA) is 3.24 Å². The van der Waals surface area contributed by atoms with Gasteiger partial charge in [-0.15, -0.1) is 0 Å². The van der Waals surface area contributed by atoms with Crippen LogP contribution in [0.25, 0.3) is 6.08 Å². The maximum atomic E-state index is 3.85. The van der Waals surface area contributed by atoms with E-state index in [1.54, 1.807) is 0 Å². The zero-order valence-electron chi connectivity index (χ0n) is 11.5. The molecule has 1 atom stereocenters. The average molecular weight is 229 g/mol. The summed E-state index contributed by atoms with van der Waals surface area (Å²) in [6, 6.07) is 7.32. The van der Waals surface area contributed by atoms with Crippen molar-refractivity contribution in [1.82, 2.24) is 0 Å². The van der Waals surface area contributed by atoms with Crippen molar-refractivity contribution in [3.8, 4) is 0 Å². The zero-order valence-corrected chi connectivity index (χ0v) is 11.5. The van der Waals surface area contributed by atoms with E-state index in [0.29, 0.717) is 11.5 Å². The predicted molar refractivity (Wildman–Crippen MR) is 76.5 cm³/mol. The van der Waals surface area contributed by atoms with Gasteiger partial charge < -0.3 is 4.90 Å². The number of benzene rings is 1. The minimum Gasteiger partial charge on any atom is -0.368 e. The van der Waals surface area contributed by atoms with Gasteiger partial charge in [0.2, 0.25) is 0 Å². The molecule has 0 saturated heterocycles. The molecule has 2 rings (SSSR count). The summed E-state index contributed by atoms with van der Waals surface area (Å²) in [6.45, 7) is 14.2. The molecule has 1 aliphatic rings. The van der Waals surface area contributed by atoms with Crippen molar-refractivity contribution in [3.05, 3.63) is 35.9 Å². The van der Waals surface area contributed by atoms with Gasteiger partial charge in [-0.1, -0.05) is 39.5 Å². The Morgan fingerprint density at radius 1 is 1.41 bits per heavy atom. The van der Waals surface area contributed by atoms with E-state index in [1.807, 2.05) is 6.08 Å². The Morgan fingerprint density at radius 3 is 2.65 bits per heavy atom. The highest BCUT2D eigenvalue weighted by Gasteiger charge is 2.36. The Labute approximate surface area is 105 Å². The maximum Gasteiger partial charge on any atom is 0.0402 e. The van der Waals surface area contributed by atoms with Crippen LogP contribution in [-0.2, 0) is 6.42 Å². The van der Waals surface area contributed by atoms with Gasteiger partial charge in [0.25, 0.3) is 0 Å². The molecule has 0 saturated carbocycles.